The number of β-amino-alcohol motifs (C(OH)–C–C–N with tert-alkyl or cyclic N) is 2. The zero-order valence-electron chi connectivity index (χ0n) is 82.8. The number of thiazole rings is 2. The van der Waals surface area contributed by atoms with Gasteiger partial charge in [-0.2, -0.15) is 0 Å². The van der Waals surface area contributed by atoms with E-state index in [1.807, 2.05) is 177 Å². The second kappa shape index (κ2) is 48.7. The van der Waals surface area contributed by atoms with Gasteiger partial charge in [0.2, 0.25) is 41.4 Å². The highest BCUT2D eigenvalue weighted by Crippen LogP contribution is 2.41. The Labute approximate surface area is 833 Å². The predicted molar refractivity (Wildman–Crippen MR) is 546 cm³/mol. The first kappa shape index (κ1) is 106. The molecule has 0 radical (unpaired) electrons. The van der Waals surface area contributed by atoms with Crippen molar-refractivity contribution in [3.05, 3.63) is 200 Å². The van der Waals surface area contributed by atoms with Crippen molar-refractivity contribution in [2.45, 2.75) is 208 Å². The maximum Gasteiger partial charge on any atom is 0.329 e. The van der Waals surface area contributed by atoms with Crippen molar-refractivity contribution in [3.8, 4) is 20.9 Å². The van der Waals surface area contributed by atoms with E-state index < -0.39 is 65.0 Å². The Morgan fingerprint density at radius 1 is 0.489 bits per heavy atom. The van der Waals surface area contributed by atoms with Crippen molar-refractivity contribution >= 4 is 104 Å². The fourth-order valence-corrected chi connectivity index (χ4v) is 21.2. The molecular formula is C106H140N18O15S2. The van der Waals surface area contributed by atoms with Gasteiger partial charge in [-0.3, -0.25) is 63.8 Å². The smallest absolute Gasteiger partial charge is 0.329 e. The summed E-state index contributed by atoms with van der Waals surface area (Å²) in [5, 5.41) is 63.8. The largest absolute Gasteiger partial charge is 0.480 e. The van der Waals surface area contributed by atoms with Gasteiger partial charge in [0.05, 0.1) is 85.7 Å². The number of anilines is 2. The summed E-state index contributed by atoms with van der Waals surface area (Å²) in [6.07, 6.45) is 6.23. The van der Waals surface area contributed by atoms with Crippen molar-refractivity contribution in [1.82, 2.24) is 74.4 Å². The van der Waals surface area contributed by atoms with Gasteiger partial charge in [-0.25, -0.2) is 24.7 Å². The minimum Gasteiger partial charge on any atom is -0.480 e. The number of carboxylic acid groups (broad SMARTS) is 1. The quantitative estimate of drug-likeness (QED) is 0.0170. The molecule has 6 fully saturated rings. The van der Waals surface area contributed by atoms with E-state index in [4.69, 9.17) is 30.3 Å². The highest BCUT2D eigenvalue weighted by atomic mass is 32.1. The predicted octanol–water partition coefficient (Wildman–Crippen LogP) is 11.3. The van der Waals surface area contributed by atoms with Crippen LogP contribution in [0.4, 0.5) is 11.9 Å². The molecule has 12 N–H and O–H groups in total. The molecular weight excluding hydrogens is 1830 g/mol. The molecule has 141 heavy (non-hydrogen) atoms. The zero-order chi connectivity index (χ0) is 100. The number of piperazine rings is 2. The molecule has 35 heteroatoms. The van der Waals surface area contributed by atoms with E-state index in [2.05, 4.69) is 102 Å². The molecule has 10 aromatic rings. The lowest BCUT2D eigenvalue weighted by Crippen LogP contribution is -2.58. The highest BCUT2D eigenvalue weighted by molar-refractivity contribution is 7.13. The van der Waals surface area contributed by atoms with E-state index in [0.717, 1.165) is 206 Å². The third-order valence-electron chi connectivity index (χ3n) is 27.9. The molecule has 2 aliphatic carbocycles. The zero-order valence-corrected chi connectivity index (χ0v) is 84.5. The van der Waals surface area contributed by atoms with Crippen LogP contribution in [0.3, 0.4) is 0 Å². The second-order valence-corrected chi connectivity index (χ2v) is 42.4. The molecule has 33 nitrogen and oxygen atoms in total. The van der Waals surface area contributed by atoms with Crippen molar-refractivity contribution in [1.29, 1.82) is 0 Å². The summed E-state index contributed by atoms with van der Waals surface area (Å²) in [5.74, 6) is -1.28. The van der Waals surface area contributed by atoms with E-state index in [9.17, 15) is 58.8 Å². The Balaban J connectivity index is 0.000000187. The number of likely N-dealkylation sites (tertiary alicyclic amines) is 2. The summed E-state index contributed by atoms with van der Waals surface area (Å²) in [6, 6.07) is 41.0. The average Bonchev–Trinajstić information content (AvgIpc) is 1.60. The van der Waals surface area contributed by atoms with Gasteiger partial charge in [0.15, 0.2) is 0 Å². The molecule has 6 aromatic carbocycles. The number of hydrogen-bond acceptors (Lipinski definition) is 25. The summed E-state index contributed by atoms with van der Waals surface area (Å²) in [4.78, 5) is 137. The first-order chi connectivity index (χ1) is 67.6. The molecule has 6 aliphatic rings. The van der Waals surface area contributed by atoms with E-state index in [1.54, 1.807) is 22.7 Å². The van der Waals surface area contributed by atoms with E-state index in [1.165, 1.54) is 15.4 Å². The van der Waals surface area contributed by atoms with Crippen molar-refractivity contribution in [3.63, 3.8) is 0 Å². The number of aliphatic hydroxyl groups excluding tert-OH is 4. The molecule has 7 amide bonds. The lowest BCUT2D eigenvalue weighted by Gasteiger charge is -2.35. The maximum atomic E-state index is 14.1. The maximum absolute atomic E-state index is 14.1. The van der Waals surface area contributed by atoms with Crippen LogP contribution in [0.15, 0.2) is 144 Å². The minimum atomic E-state index is -0.944. The lowest BCUT2D eigenvalue weighted by atomic mass is 9.85. The molecule has 6 atom stereocenters. The molecule has 8 heterocycles. The fourth-order valence-electron chi connectivity index (χ4n) is 19.6. The van der Waals surface area contributed by atoms with Gasteiger partial charge >= 0.3 is 5.97 Å². The van der Waals surface area contributed by atoms with Crippen molar-refractivity contribution in [2.24, 2.45) is 28.4 Å². The number of carbonyl (C=O) groups is 8. The van der Waals surface area contributed by atoms with Crippen LogP contribution in [0.2, 0.25) is 0 Å². The second-order valence-electron chi connectivity index (χ2n) is 40.7. The van der Waals surface area contributed by atoms with Crippen LogP contribution < -0.4 is 32.3 Å². The number of ether oxygens (including phenoxy) is 2. The fraction of sp³-hybridized carbons (Fsp3) is 0.509. The van der Waals surface area contributed by atoms with Crippen LogP contribution in [0.5, 0.6) is 0 Å². The van der Waals surface area contributed by atoms with Crippen LogP contribution in [0, 0.1) is 50.4 Å². The van der Waals surface area contributed by atoms with Crippen LogP contribution in [-0.4, -0.2) is 286 Å². The van der Waals surface area contributed by atoms with Crippen LogP contribution in [0.1, 0.15) is 183 Å². The first-order valence-corrected chi connectivity index (χ1v) is 51.2. The van der Waals surface area contributed by atoms with Gasteiger partial charge in [-0.1, -0.05) is 138 Å². The number of benzene rings is 6. The first-order valence-electron chi connectivity index (χ1n) is 49.4. The summed E-state index contributed by atoms with van der Waals surface area (Å²) in [7, 11) is 0. The molecule has 0 spiro atoms. The monoisotopic (exact) mass is 1970 g/mol. The number of hydrogen-bond donors (Lipinski definition) is 11. The van der Waals surface area contributed by atoms with Gasteiger partial charge < -0.3 is 75.6 Å². The third-order valence-corrected chi connectivity index (χ3v) is 29.9. The minimum absolute atomic E-state index is 0.00229. The summed E-state index contributed by atoms with van der Waals surface area (Å²) in [5.41, 5.74) is 23.9. The Morgan fingerprint density at radius 2 is 0.887 bits per heavy atom. The SMILES string of the molecule is Cc1cccc(C(=O)Nc2nc3cc(CN4CCN(CCOCC(=O)N[C@H](C(=O)N5C[C@H](O)C[C@H]5C(=O)NCc5ccc(-c6scnc6C)cc5)C(C)(C)C)CC4)ccc3n2C2CCC(CO)CC2)c1.Cc1cccc(C(=O)Nc2nc3cc(CN4CCN(CCOCC(=O)O)CC4)ccc3n2C2CCC(CO)CC2)c1.Cc1ncsc1-c1ccc(CNC(=O)[C@@H]2C[C@@H](O)CN2C(=O)[C@@H](N)C(C)(C)C)cc1. The molecule has 2 saturated carbocycles. The molecule has 16 rings (SSSR count). The summed E-state index contributed by atoms with van der Waals surface area (Å²) in [6.45, 7) is 30.7. The number of aromatic nitrogens is 6. The van der Waals surface area contributed by atoms with Gasteiger partial charge in [0.25, 0.3) is 11.8 Å². The van der Waals surface area contributed by atoms with Crippen LogP contribution >= 0.6 is 22.7 Å². The van der Waals surface area contributed by atoms with Gasteiger partial charge in [-0.05, 0) is 184 Å². The van der Waals surface area contributed by atoms with Crippen molar-refractivity contribution in [2.75, 3.05) is 129 Å². The number of nitrogens with zero attached hydrogens (tertiary/aromatic N) is 12. The number of aliphatic carboxylic acids is 1. The topological polar surface area (TPSA) is 423 Å². The van der Waals surface area contributed by atoms with Crippen molar-refractivity contribution < 1.29 is 73.4 Å². The Bertz CT molecular complexity index is 5920. The summed E-state index contributed by atoms with van der Waals surface area (Å²) >= 11 is 3.18. The molecule has 756 valence electrons. The normalized spacial score (nSPS) is 20.5. The number of nitrogens with one attached hydrogen (secondary N) is 5. The van der Waals surface area contributed by atoms with E-state index in [0.29, 0.717) is 61.2 Å². The Hall–Kier alpha value is -11.2. The number of fused-ring (bicyclic) bond motifs is 2. The number of aliphatic hydroxyl groups is 4. The van der Waals surface area contributed by atoms with E-state index >= 15 is 0 Å². The number of rotatable bonds is 33. The van der Waals surface area contributed by atoms with Gasteiger partial charge in [0.1, 0.15) is 31.3 Å². The molecule has 0 bridgehead atoms. The lowest BCUT2D eigenvalue weighted by molar-refractivity contribution is -0.144. The molecule has 0 unspecified atom stereocenters. The molecule has 4 aromatic heterocycles. The number of amides is 7. The van der Waals surface area contributed by atoms with Crippen LogP contribution in [-0.2, 0) is 64.4 Å². The third kappa shape index (κ3) is 28.3. The van der Waals surface area contributed by atoms with Gasteiger partial charge in [0, 0.05) is 154 Å². The van der Waals surface area contributed by atoms with Crippen LogP contribution in [0.25, 0.3) is 42.9 Å². The number of aryl methyl sites for hydroxylation is 4. The molecule has 4 aliphatic heterocycles. The Kier molecular flexibility index (Phi) is 36.5. The molecule has 4 saturated heterocycles. The summed E-state index contributed by atoms with van der Waals surface area (Å²) < 4.78 is 15.4. The van der Waals surface area contributed by atoms with Gasteiger partial charge in [-0.15, -0.1) is 22.7 Å². The number of carbonyl (C=O) groups excluding carboxylic acids is 7. The number of carboxylic acids is 1. The number of nitrogens with two attached hydrogens (primary N) is 1. The standard InChI is InChI=1S/C53H69N9O7S.C31H41N5O5.C22H30N4O3S/c1-34-7-6-8-40(25-34)49(66)58-52-56-43-26-38(13-18-44(43)62(52)41-16-11-37(31-63)12-17-41)29-60-21-19-59(20-22-60)23-24-69-32-46(65)57-48(53(3,4)5)51(68)61-30-42(64)27-45(61)50(67)54-28-36-9-14-39(15-10-36)47-35(2)55-33-70-47;1-22-3-2-4-25(17-22)30(40)33-31-32-27-18-24(7-10-28(27)36(31)26-8-5-23(20-37)6-9-26)19-35-13-11-34(12-14-35)15-16-41-21-29(38)39;1-13-18(30-12-25-13)15-7-5-14(6-8-15)10-24-20(28)17-9-16(27)11-26(17)21(29)19(23)22(2,3)4/h6-10,13-15,18,25-26,33,37,41-42,45,48,63-64H,11-12,16-17,19-24,27-32H2,1-5H3,(H,54,67)(H,57,65)(H,56,58,66);2-4,7,10,17-18,23,26,37H,5-6,8-9,11-16,19-21H2,1H3,(H,38,39)(H,32,33,40);5-8,12,16-17,19,27H,9-11,23H2,1-4H3,(H,24,28)/t37?,41?,42-,45+,48-;;16-,17+,19-/m1.1/s1. The van der Waals surface area contributed by atoms with E-state index in [-0.39, 0.29) is 101 Å². The Morgan fingerprint density at radius 3 is 1.26 bits per heavy atom. The number of imidazole rings is 2. The average molecular weight is 1970 g/mol. The highest BCUT2D eigenvalue weighted by Gasteiger charge is 2.46.